The minimum absolute atomic E-state index is 0.211. The fourth-order valence-electron chi connectivity index (χ4n) is 1.57. The molecule has 86 valence electrons. The maximum Gasteiger partial charge on any atom is 0.0701 e. The number of unbranched alkanes of at least 4 members (excludes halogenated alkanes) is 4. The van der Waals surface area contributed by atoms with E-state index < -0.39 is 0 Å². The van der Waals surface area contributed by atoms with Crippen LogP contribution in [0.4, 0.5) is 0 Å². The molecule has 0 radical (unpaired) electrons. The molecule has 3 heteroatoms. The Hall–Kier alpha value is 0.470. The Kier molecular flexibility index (Phi) is 6.94. The van der Waals surface area contributed by atoms with Gasteiger partial charge in [0.2, 0.25) is 0 Å². The van der Waals surface area contributed by atoms with E-state index in [2.05, 4.69) is 35.0 Å². The van der Waals surface area contributed by atoms with Crippen LogP contribution in [0.15, 0.2) is 15.9 Å². The van der Waals surface area contributed by atoms with E-state index in [9.17, 15) is 0 Å². The molecule has 1 unspecified atom stereocenters. The molecule has 1 rings (SSSR count). The topological polar surface area (TPSA) is 0 Å². The van der Waals surface area contributed by atoms with Gasteiger partial charge >= 0.3 is 0 Å². The van der Waals surface area contributed by atoms with Crippen molar-refractivity contribution >= 4 is 38.9 Å². The fraction of sp³-hybridized carbons (Fsp3) is 0.667. The molecule has 0 fully saturated rings. The van der Waals surface area contributed by atoms with Gasteiger partial charge in [0.25, 0.3) is 0 Å². The molecule has 0 aromatic carbocycles. The van der Waals surface area contributed by atoms with E-state index in [-0.39, 0.29) is 5.38 Å². The van der Waals surface area contributed by atoms with Crippen molar-refractivity contribution < 1.29 is 0 Å². The van der Waals surface area contributed by atoms with Crippen molar-refractivity contribution in [3.63, 3.8) is 0 Å². The normalized spacial score (nSPS) is 13.0. The number of alkyl halides is 1. The van der Waals surface area contributed by atoms with Crippen LogP contribution in [0.2, 0.25) is 0 Å². The summed E-state index contributed by atoms with van der Waals surface area (Å²) < 4.78 is 1.18. The Morgan fingerprint density at radius 1 is 1.27 bits per heavy atom. The molecule has 0 bridgehead atoms. The summed E-state index contributed by atoms with van der Waals surface area (Å²) >= 11 is 11.5. The minimum Gasteiger partial charge on any atom is -0.132 e. The van der Waals surface area contributed by atoms with Gasteiger partial charge < -0.3 is 0 Å². The lowest BCUT2D eigenvalue weighted by molar-refractivity contribution is 0.603. The Labute approximate surface area is 110 Å². The number of halogens is 2. The molecule has 0 nitrogen and oxygen atoms in total. The predicted molar refractivity (Wildman–Crippen MR) is 74.0 cm³/mol. The Bertz CT molecular complexity index is 272. The van der Waals surface area contributed by atoms with Gasteiger partial charge in [0, 0.05) is 4.88 Å². The highest BCUT2D eigenvalue weighted by molar-refractivity contribution is 9.11. The van der Waals surface area contributed by atoms with Crippen LogP contribution >= 0.6 is 38.9 Å². The molecule has 0 N–H and O–H groups in total. The molecule has 0 spiro atoms. The first-order valence-electron chi connectivity index (χ1n) is 5.63. The van der Waals surface area contributed by atoms with Gasteiger partial charge in [0.05, 0.1) is 9.16 Å². The molecule has 1 heterocycles. The Balaban J connectivity index is 2.16. The SMILES string of the molecule is CCCCCCCC(Cl)c1ccc(Br)s1. The average molecular weight is 310 g/mol. The molecular weight excluding hydrogens is 292 g/mol. The van der Waals surface area contributed by atoms with Crippen LogP contribution in [-0.4, -0.2) is 0 Å². The second kappa shape index (κ2) is 7.70. The molecule has 0 saturated carbocycles. The minimum atomic E-state index is 0.211. The summed E-state index contributed by atoms with van der Waals surface area (Å²) in [4.78, 5) is 1.29. The highest BCUT2D eigenvalue weighted by Crippen LogP contribution is 2.34. The standard InChI is InChI=1S/C12H18BrClS/c1-2-3-4-5-6-7-10(14)11-8-9-12(13)15-11/h8-10H,2-7H2,1H3. The second-order valence-corrected chi connectivity index (χ2v) is 6.83. The fourth-order valence-corrected chi connectivity index (χ4v) is 3.36. The van der Waals surface area contributed by atoms with Crippen LogP contribution in [0.1, 0.15) is 55.7 Å². The van der Waals surface area contributed by atoms with E-state index in [0.717, 1.165) is 6.42 Å². The van der Waals surface area contributed by atoms with Crippen LogP contribution in [-0.2, 0) is 0 Å². The lowest BCUT2D eigenvalue weighted by Gasteiger charge is -2.06. The van der Waals surface area contributed by atoms with Crippen molar-refractivity contribution in [2.75, 3.05) is 0 Å². The summed E-state index contributed by atoms with van der Waals surface area (Å²) in [5, 5.41) is 0.211. The summed E-state index contributed by atoms with van der Waals surface area (Å²) in [6, 6.07) is 4.20. The molecule has 0 amide bonds. The Morgan fingerprint density at radius 3 is 2.60 bits per heavy atom. The van der Waals surface area contributed by atoms with Gasteiger partial charge in [-0.25, -0.2) is 0 Å². The van der Waals surface area contributed by atoms with E-state index in [1.54, 1.807) is 11.3 Å². The van der Waals surface area contributed by atoms with Gasteiger partial charge in [-0.1, -0.05) is 39.0 Å². The van der Waals surface area contributed by atoms with E-state index in [0.29, 0.717) is 0 Å². The van der Waals surface area contributed by atoms with Crippen molar-refractivity contribution in [1.82, 2.24) is 0 Å². The predicted octanol–water partition coefficient (Wildman–Crippen LogP) is 6.15. The van der Waals surface area contributed by atoms with Crippen LogP contribution in [0.3, 0.4) is 0 Å². The molecule has 0 saturated heterocycles. The van der Waals surface area contributed by atoms with Crippen molar-refractivity contribution in [2.24, 2.45) is 0 Å². The molecule has 1 atom stereocenters. The van der Waals surface area contributed by atoms with E-state index in [1.165, 1.54) is 40.8 Å². The van der Waals surface area contributed by atoms with Crippen LogP contribution in [0.5, 0.6) is 0 Å². The summed E-state index contributed by atoms with van der Waals surface area (Å²) in [6.07, 6.45) is 7.71. The van der Waals surface area contributed by atoms with Crippen molar-refractivity contribution in [3.8, 4) is 0 Å². The number of hydrogen-bond donors (Lipinski definition) is 0. The second-order valence-electron chi connectivity index (χ2n) is 3.81. The van der Waals surface area contributed by atoms with Gasteiger partial charge in [-0.15, -0.1) is 22.9 Å². The third kappa shape index (κ3) is 5.37. The van der Waals surface area contributed by atoms with Gasteiger partial charge in [-0.05, 0) is 34.5 Å². The van der Waals surface area contributed by atoms with Gasteiger partial charge in [0.1, 0.15) is 0 Å². The highest BCUT2D eigenvalue weighted by atomic mass is 79.9. The summed E-state index contributed by atoms with van der Waals surface area (Å²) in [5.41, 5.74) is 0. The zero-order valence-electron chi connectivity index (χ0n) is 9.14. The number of rotatable bonds is 7. The molecule has 1 aromatic rings. The Morgan fingerprint density at radius 2 is 2.00 bits per heavy atom. The zero-order valence-corrected chi connectivity index (χ0v) is 12.3. The maximum absolute atomic E-state index is 6.32. The monoisotopic (exact) mass is 308 g/mol. The number of hydrogen-bond acceptors (Lipinski definition) is 1. The quantitative estimate of drug-likeness (QED) is 0.418. The third-order valence-electron chi connectivity index (χ3n) is 2.46. The van der Waals surface area contributed by atoms with Gasteiger partial charge in [0.15, 0.2) is 0 Å². The molecule has 1 aromatic heterocycles. The summed E-state index contributed by atoms with van der Waals surface area (Å²) in [6.45, 7) is 2.24. The first kappa shape index (κ1) is 13.5. The zero-order chi connectivity index (χ0) is 11.1. The highest BCUT2D eigenvalue weighted by Gasteiger charge is 2.09. The van der Waals surface area contributed by atoms with Crippen molar-refractivity contribution in [3.05, 3.63) is 20.8 Å². The van der Waals surface area contributed by atoms with Gasteiger partial charge in [-0.2, -0.15) is 0 Å². The van der Waals surface area contributed by atoms with Gasteiger partial charge in [-0.3, -0.25) is 0 Å². The van der Waals surface area contributed by atoms with Crippen molar-refractivity contribution in [1.29, 1.82) is 0 Å². The summed E-state index contributed by atoms with van der Waals surface area (Å²) in [7, 11) is 0. The van der Waals surface area contributed by atoms with E-state index in [1.807, 2.05) is 0 Å². The molecule has 0 aliphatic rings. The smallest absolute Gasteiger partial charge is 0.0701 e. The number of thiophene rings is 1. The van der Waals surface area contributed by atoms with Crippen LogP contribution in [0.25, 0.3) is 0 Å². The lowest BCUT2D eigenvalue weighted by Crippen LogP contribution is -1.87. The molecule has 15 heavy (non-hydrogen) atoms. The van der Waals surface area contributed by atoms with Crippen molar-refractivity contribution in [2.45, 2.75) is 50.8 Å². The average Bonchev–Trinajstić information content (AvgIpc) is 2.64. The third-order valence-corrected chi connectivity index (χ3v) is 4.78. The molecular formula is C12H18BrClS. The molecule has 0 aliphatic heterocycles. The maximum atomic E-state index is 6.32. The first-order chi connectivity index (χ1) is 7.24. The van der Waals surface area contributed by atoms with Crippen LogP contribution < -0.4 is 0 Å². The van der Waals surface area contributed by atoms with E-state index in [4.69, 9.17) is 11.6 Å². The molecule has 0 aliphatic carbocycles. The van der Waals surface area contributed by atoms with E-state index >= 15 is 0 Å². The first-order valence-corrected chi connectivity index (χ1v) is 7.68. The summed E-state index contributed by atoms with van der Waals surface area (Å²) in [5.74, 6) is 0. The largest absolute Gasteiger partial charge is 0.132 e. The lowest BCUT2D eigenvalue weighted by atomic mass is 10.1. The van der Waals surface area contributed by atoms with Crippen LogP contribution in [0, 0.1) is 0 Å².